The number of ether oxygens (including phenoxy) is 2. The Morgan fingerprint density at radius 2 is 1.56 bits per heavy atom. The van der Waals surface area contributed by atoms with Crippen LogP contribution in [0.25, 0.3) is 0 Å². The third kappa shape index (κ3) is 10.3. The molecule has 7 nitrogen and oxygen atoms in total. The smallest absolute Gasteiger partial charge is 0.226 e. The third-order valence-corrected chi connectivity index (χ3v) is 4.28. The summed E-state index contributed by atoms with van der Waals surface area (Å²) in [6.07, 6.45) is 0.778. The third-order valence-electron chi connectivity index (χ3n) is 1.35. The van der Waals surface area contributed by atoms with Crippen molar-refractivity contribution in [3.05, 3.63) is 0 Å². The van der Waals surface area contributed by atoms with Gasteiger partial charge in [0, 0.05) is 6.61 Å². The van der Waals surface area contributed by atoms with Gasteiger partial charge in [0.2, 0.25) is 20.0 Å². The Hall–Kier alpha value is -0.220. The van der Waals surface area contributed by atoms with Crippen LogP contribution < -0.4 is 4.13 Å². The first-order chi connectivity index (χ1) is 7.27. The van der Waals surface area contributed by atoms with Crippen molar-refractivity contribution in [2.24, 2.45) is 0 Å². The van der Waals surface area contributed by atoms with Gasteiger partial charge in [0.05, 0.1) is 31.8 Å². The Balaban J connectivity index is 3.76. The van der Waals surface area contributed by atoms with E-state index in [1.165, 1.54) is 4.13 Å². The van der Waals surface area contributed by atoms with Crippen LogP contribution in [0.1, 0.15) is 6.92 Å². The minimum absolute atomic E-state index is 0.0715. The van der Waals surface area contributed by atoms with Gasteiger partial charge in [-0.05, 0) is 6.92 Å². The van der Waals surface area contributed by atoms with Gasteiger partial charge in [-0.2, -0.15) is 0 Å². The summed E-state index contributed by atoms with van der Waals surface area (Å²) in [5.74, 6) is -0.397. The fourth-order valence-corrected chi connectivity index (χ4v) is 3.32. The molecule has 0 bridgehead atoms. The molecule has 0 saturated heterocycles. The summed E-state index contributed by atoms with van der Waals surface area (Å²) in [6.45, 7) is 2.99. The molecule has 0 unspecified atom stereocenters. The first-order valence-electron chi connectivity index (χ1n) is 4.63. The Kier molecular flexibility index (Phi) is 7.07. The normalized spacial score (nSPS) is 12.9. The van der Waals surface area contributed by atoms with Crippen molar-refractivity contribution < 1.29 is 26.3 Å². The summed E-state index contributed by atoms with van der Waals surface area (Å²) in [6, 6.07) is 0. The molecule has 9 heteroatoms. The van der Waals surface area contributed by atoms with Crippen molar-refractivity contribution in [2.75, 3.05) is 38.4 Å². The molecule has 98 valence electrons. The van der Waals surface area contributed by atoms with E-state index in [0.717, 1.165) is 6.26 Å². The van der Waals surface area contributed by atoms with Crippen LogP contribution >= 0.6 is 0 Å². The molecule has 0 aromatic carbocycles. The summed E-state index contributed by atoms with van der Waals surface area (Å²) in [5, 5.41) is 0. The molecule has 0 spiro atoms. The van der Waals surface area contributed by atoms with Gasteiger partial charge in [-0.3, -0.25) is 0 Å². The zero-order valence-electron chi connectivity index (χ0n) is 9.30. The molecule has 0 atom stereocenters. The summed E-state index contributed by atoms with van der Waals surface area (Å²) in [4.78, 5) is 0. The van der Waals surface area contributed by atoms with Crippen LogP contribution in [0.5, 0.6) is 0 Å². The average molecular weight is 275 g/mol. The van der Waals surface area contributed by atoms with E-state index in [-0.39, 0.29) is 13.2 Å². The largest absolute Gasteiger partial charge is 0.379 e. The predicted octanol–water partition coefficient (Wildman–Crippen LogP) is -1.08. The van der Waals surface area contributed by atoms with E-state index in [0.29, 0.717) is 13.2 Å². The van der Waals surface area contributed by atoms with Crippen LogP contribution in [-0.2, 0) is 29.5 Å². The second-order valence-corrected chi connectivity index (χ2v) is 6.83. The molecule has 0 amide bonds. The van der Waals surface area contributed by atoms with Crippen molar-refractivity contribution in [3.63, 3.8) is 0 Å². The maximum absolute atomic E-state index is 11.1. The first kappa shape index (κ1) is 15.8. The van der Waals surface area contributed by atoms with Gasteiger partial charge in [0.25, 0.3) is 0 Å². The van der Waals surface area contributed by atoms with E-state index in [1.54, 1.807) is 0 Å². The highest BCUT2D eigenvalue weighted by Crippen LogP contribution is 1.89. The molecular weight excluding hydrogens is 258 g/mol. The maximum Gasteiger partial charge on any atom is 0.226 e. The second kappa shape index (κ2) is 7.17. The van der Waals surface area contributed by atoms with Crippen LogP contribution in [0.4, 0.5) is 0 Å². The van der Waals surface area contributed by atoms with Crippen LogP contribution in [0.15, 0.2) is 0 Å². The molecule has 0 aliphatic carbocycles. The molecule has 0 saturated carbocycles. The quantitative estimate of drug-likeness (QED) is 0.537. The standard InChI is InChI=1S/C7H17NO6S2/c1-3-13-4-5-14-6-7-16(11,12)8-15(2,9)10/h8H,3-7H2,1-2H3. The van der Waals surface area contributed by atoms with Gasteiger partial charge in [-0.15, -0.1) is 4.13 Å². The fraction of sp³-hybridized carbons (Fsp3) is 1.00. The summed E-state index contributed by atoms with van der Waals surface area (Å²) < 4.78 is 55.0. The molecule has 0 heterocycles. The minimum atomic E-state index is -3.84. The van der Waals surface area contributed by atoms with E-state index >= 15 is 0 Å². The maximum atomic E-state index is 11.1. The molecule has 0 rings (SSSR count). The molecular formula is C7H17NO6S2. The molecule has 1 N–H and O–H groups in total. The molecule has 16 heavy (non-hydrogen) atoms. The molecule has 0 aliphatic rings. The van der Waals surface area contributed by atoms with Crippen molar-refractivity contribution in [2.45, 2.75) is 6.92 Å². The Morgan fingerprint density at radius 3 is 2.06 bits per heavy atom. The van der Waals surface area contributed by atoms with Crippen LogP contribution in [0.2, 0.25) is 0 Å². The summed E-state index contributed by atoms with van der Waals surface area (Å²) in [5.41, 5.74) is 0. The van der Waals surface area contributed by atoms with Crippen LogP contribution in [0, 0.1) is 0 Å². The van der Waals surface area contributed by atoms with Gasteiger partial charge in [0.15, 0.2) is 0 Å². The van der Waals surface area contributed by atoms with Crippen molar-refractivity contribution >= 4 is 20.0 Å². The molecule has 0 aliphatic heterocycles. The highest BCUT2D eigenvalue weighted by Gasteiger charge is 2.15. The summed E-state index contributed by atoms with van der Waals surface area (Å²) >= 11 is 0. The topological polar surface area (TPSA) is 98.8 Å². The van der Waals surface area contributed by atoms with E-state index in [1.807, 2.05) is 6.92 Å². The van der Waals surface area contributed by atoms with Gasteiger partial charge in [-0.1, -0.05) is 0 Å². The highest BCUT2D eigenvalue weighted by atomic mass is 32.3. The fourth-order valence-electron chi connectivity index (χ4n) is 0.805. The Morgan fingerprint density at radius 1 is 1.00 bits per heavy atom. The average Bonchev–Trinajstić information content (AvgIpc) is 2.06. The Labute approximate surface area is 96.2 Å². The van der Waals surface area contributed by atoms with E-state index < -0.39 is 25.8 Å². The number of sulfonamides is 2. The van der Waals surface area contributed by atoms with Gasteiger partial charge in [-0.25, -0.2) is 16.8 Å². The molecule has 0 aromatic heterocycles. The lowest BCUT2D eigenvalue weighted by Gasteiger charge is -2.05. The molecule has 0 aromatic rings. The van der Waals surface area contributed by atoms with E-state index in [9.17, 15) is 16.8 Å². The lowest BCUT2D eigenvalue weighted by Crippen LogP contribution is -2.33. The summed E-state index contributed by atoms with van der Waals surface area (Å²) in [7, 11) is -7.59. The zero-order chi connectivity index (χ0) is 12.7. The van der Waals surface area contributed by atoms with E-state index in [2.05, 4.69) is 0 Å². The van der Waals surface area contributed by atoms with Gasteiger partial charge in [0.1, 0.15) is 0 Å². The number of hydrogen-bond donors (Lipinski definition) is 1. The Bertz CT molecular complexity index is 374. The van der Waals surface area contributed by atoms with E-state index in [4.69, 9.17) is 9.47 Å². The lowest BCUT2D eigenvalue weighted by molar-refractivity contribution is 0.0590. The molecule has 0 fully saturated rings. The number of rotatable bonds is 9. The monoisotopic (exact) mass is 275 g/mol. The SMILES string of the molecule is CCOCCOCCS(=O)(=O)NS(C)(=O)=O. The zero-order valence-corrected chi connectivity index (χ0v) is 10.9. The highest BCUT2D eigenvalue weighted by molar-refractivity contribution is 8.04. The predicted molar refractivity (Wildman–Crippen MR) is 59.1 cm³/mol. The second-order valence-electron chi connectivity index (χ2n) is 2.98. The van der Waals surface area contributed by atoms with Crippen molar-refractivity contribution in [3.8, 4) is 0 Å². The van der Waals surface area contributed by atoms with Crippen molar-refractivity contribution in [1.29, 1.82) is 0 Å². The lowest BCUT2D eigenvalue weighted by atomic mass is 10.7. The molecule has 0 radical (unpaired) electrons. The van der Waals surface area contributed by atoms with Crippen molar-refractivity contribution in [1.82, 2.24) is 4.13 Å². The minimum Gasteiger partial charge on any atom is -0.379 e. The van der Waals surface area contributed by atoms with Crippen LogP contribution in [0.3, 0.4) is 0 Å². The number of hydrogen-bond acceptors (Lipinski definition) is 6. The van der Waals surface area contributed by atoms with Crippen LogP contribution in [-0.4, -0.2) is 55.3 Å². The van der Waals surface area contributed by atoms with Gasteiger partial charge < -0.3 is 9.47 Å². The van der Waals surface area contributed by atoms with Gasteiger partial charge >= 0.3 is 0 Å². The number of nitrogens with one attached hydrogen (secondary N) is 1. The first-order valence-corrected chi connectivity index (χ1v) is 8.18.